The Hall–Kier alpha value is -3.55. The van der Waals surface area contributed by atoms with Gasteiger partial charge in [0.15, 0.2) is 5.88 Å². The Labute approximate surface area is 163 Å². The summed E-state index contributed by atoms with van der Waals surface area (Å²) in [6.07, 6.45) is 3.28. The monoisotopic (exact) mass is 372 g/mol. The highest BCUT2D eigenvalue weighted by Gasteiger charge is 2.37. The first-order valence-electron chi connectivity index (χ1n) is 9.26. The lowest BCUT2D eigenvalue weighted by molar-refractivity contribution is 0.547. The van der Waals surface area contributed by atoms with Crippen LogP contribution in [0.25, 0.3) is 6.08 Å². The molecule has 0 amide bonds. The summed E-state index contributed by atoms with van der Waals surface area (Å²) in [4.78, 5) is 2.18. The average Bonchev–Trinajstić information content (AvgIpc) is 3.46. The molecule has 0 unspecified atom stereocenters. The summed E-state index contributed by atoms with van der Waals surface area (Å²) in [6.45, 7) is 1.96. The van der Waals surface area contributed by atoms with E-state index in [1.807, 2.05) is 42.5 Å². The Morgan fingerprint density at radius 3 is 2.57 bits per heavy atom. The molecule has 7 heteroatoms. The second-order valence-electron chi connectivity index (χ2n) is 6.80. The lowest BCUT2D eigenvalue weighted by Crippen LogP contribution is -2.40. The molecule has 140 valence electrons. The number of hydrogen-bond acceptors (Lipinski definition) is 7. The van der Waals surface area contributed by atoms with Crippen LogP contribution in [0.15, 0.2) is 57.6 Å². The second kappa shape index (κ2) is 7.59. The van der Waals surface area contributed by atoms with Gasteiger partial charge >= 0.3 is 0 Å². The normalized spacial score (nSPS) is 22.1. The van der Waals surface area contributed by atoms with E-state index >= 15 is 0 Å². The average molecular weight is 372 g/mol. The highest BCUT2D eigenvalue weighted by atomic mass is 16.4. The first-order valence-corrected chi connectivity index (χ1v) is 9.26. The molecule has 7 nitrogen and oxygen atoms in total. The van der Waals surface area contributed by atoms with Gasteiger partial charge in [-0.2, -0.15) is 15.6 Å². The zero-order valence-electron chi connectivity index (χ0n) is 15.3. The van der Waals surface area contributed by atoms with E-state index in [4.69, 9.17) is 10.2 Å². The van der Waals surface area contributed by atoms with Crippen LogP contribution >= 0.6 is 0 Å². The SMILES string of the molecule is N#C/C(=C/c1ccc(N2CCCC2)o1)C1=NN(c2ccccc2)[C@H](N)[C@H]1C#N. The van der Waals surface area contributed by atoms with Crippen LogP contribution in [0.4, 0.5) is 11.6 Å². The summed E-state index contributed by atoms with van der Waals surface area (Å²) < 4.78 is 5.88. The summed E-state index contributed by atoms with van der Waals surface area (Å²) in [5.74, 6) is 0.651. The van der Waals surface area contributed by atoms with Crippen LogP contribution in [-0.2, 0) is 0 Å². The van der Waals surface area contributed by atoms with Crippen molar-refractivity contribution in [1.82, 2.24) is 0 Å². The van der Waals surface area contributed by atoms with Gasteiger partial charge in [-0.1, -0.05) is 18.2 Å². The molecule has 28 heavy (non-hydrogen) atoms. The van der Waals surface area contributed by atoms with Crippen LogP contribution < -0.4 is 15.6 Å². The molecular formula is C21H20N6O. The molecule has 0 saturated carbocycles. The van der Waals surface area contributed by atoms with Gasteiger partial charge in [-0.05, 0) is 31.0 Å². The van der Waals surface area contributed by atoms with Gasteiger partial charge in [-0.15, -0.1) is 0 Å². The summed E-state index contributed by atoms with van der Waals surface area (Å²) in [6, 6.07) is 17.5. The van der Waals surface area contributed by atoms with E-state index in [1.54, 1.807) is 11.1 Å². The quantitative estimate of drug-likeness (QED) is 0.827. The van der Waals surface area contributed by atoms with Crippen molar-refractivity contribution >= 4 is 23.4 Å². The Morgan fingerprint density at radius 2 is 1.89 bits per heavy atom. The second-order valence-corrected chi connectivity index (χ2v) is 6.80. The maximum Gasteiger partial charge on any atom is 0.196 e. The highest BCUT2D eigenvalue weighted by Crippen LogP contribution is 2.30. The van der Waals surface area contributed by atoms with E-state index < -0.39 is 12.1 Å². The van der Waals surface area contributed by atoms with Gasteiger partial charge in [0.1, 0.15) is 23.9 Å². The van der Waals surface area contributed by atoms with Gasteiger partial charge in [-0.3, -0.25) is 0 Å². The van der Waals surface area contributed by atoms with Crippen LogP contribution in [0.2, 0.25) is 0 Å². The van der Waals surface area contributed by atoms with Gasteiger partial charge in [-0.25, -0.2) is 5.01 Å². The fraction of sp³-hybridized carbons (Fsp3) is 0.286. The highest BCUT2D eigenvalue weighted by molar-refractivity contribution is 6.11. The largest absolute Gasteiger partial charge is 0.441 e. The number of hydrogen-bond donors (Lipinski definition) is 1. The zero-order valence-corrected chi connectivity index (χ0v) is 15.3. The van der Waals surface area contributed by atoms with Crippen molar-refractivity contribution in [3.63, 3.8) is 0 Å². The first-order chi connectivity index (χ1) is 13.7. The van der Waals surface area contributed by atoms with E-state index in [9.17, 15) is 10.5 Å². The number of rotatable bonds is 4. The molecule has 1 aromatic heterocycles. The van der Waals surface area contributed by atoms with Gasteiger partial charge in [0, 0.05) is 25.2 Å². The minimum atomic E-state index is -0.709. The predicted molar refractivity (Wildman–Crippen MR) is 107 cm³/mol. The number of nitrogens with two attached hydrogens (primary N) is 1. The number of hydrazone groups is 1. The molecule has 0 radical (unpaired) electrons. The Morgan fingerprint density at radius 1 is 1.14 bits per heavy atom. The van der Waals surface area contributed by atoms with Crippen LogP contribution in [0.5, 0.6) is 0 Å². The van der Waals surface area contributed by atoms with E-state index in [1.165, 1.54) is 0 Å². The number of para-hydroxylation sites is 1. The van der Waals surface area contributed by atoms with Gasteiger partial charge in [0.2, 0.25) is 0 Å². The molecule has 2 atom stereocenters. The number of nitrogens with zero attached hydrogens (tertiary/aromatic N) is 5. The molecular weight excluding hydrogens is 352 g/mol. The number of benzene rings is 1. The van der Waals surface area contributed by atoms with E-state index in [2.05, 4.69) is 22.1 Å². The van der Waals surface area contributed by atoms with Crippen LogP contribution in [0, 0.1) is 28.6 Å². The summed E-state index contributed by atoms with van der Waals surface area (Å²) in [7, 11) is 0. The van der Waals surface area contributed by atoms with Crippen molar-refractivity contribution in [3.8, 4) is 12.1 Å². The molecule has 3 heterocycles. The molecule has 1 saturated heterocycles. The number of nitriles is 2. The third-order valence-corrected chi connectivity index (χ3v) is 5.01. The van der Waals surface area contributed by atoms with Crippen molar-refractivity contribution < 1.29 is 4.42 Å². The fourth-order valence-corrected chi connectivity index (χ4v) is 3.55. The maximum atomic E-state index is 9.70. The Kier molecular flexibility index (Phi) is 4.84. The molecule has 2 aliphatic rings. The predicted octanol–water partition coefficient (Wildman–Crippen LogP) is 3.09. The molecule has 1 fully saturated rings. The number of anilines is 2. The molecule has 4 rings (SSSR count). The standard InChI is InChI=1S/C21H20N6O/c22-13-15(12-17-8-9-19(28-17)26-10-4-5-11-26)20-18(14-23)21(24)27(25-20)16-6-2-1-3-7-16/h1-3,6-9,12,18,21H,4-5,10-11,24H2/b15-12-/t18-,21-/m0/s1. The molecule has 2 aliphatic heterocycles. The smallest absolute Gasteiger partial charge is 0.196 e. The summed E-state index contributed by atoms with van der Waals surface area (Å²) in [5, 5.41) is 25.4. The number of allylic oxidation sites excluding steroid dienone is 1. The van der Waals surface area contributed by atoms with Gasteiger partial charge in [0.25, 0.3) is 0 Å². The Balaban J connectivity index is 1.65. The lowest BCUT2D eigenvalue weighted by atomic mass is 9.96. The van der Waals surface area contributed by atoms with Crippen LogP contribution in [0.3, 0.4) is 0 Å². The van der Waals surface area contributed by atoms with E-state index in [-0.39, 0.29) is 5.57 Å². The maximum absolute atomic E-state index is 9.70. The van der Waals surface area contributed by atoms with Crippen molar-refractivity contribution in [2.45, 2.75) is 19.0 Å². The molecule has 1 aromatic carbocycles. The molecule has 2 N–H and O–H groups in total. The Bertz CT molecular complexity index is 988. The minimum Gasteiger partial charge on any atom is -0.441 e. The minimum absolute atomic E-state index is 0.280. The van der Waals surface area contributed by atoms with Crippen molar-refractivity contribution in [2.24, 2.45) is 16.8 Å². The summed E-state index contributed by atoms with van der Waals surface area (Å²) >= 11 is 0. The van der Waals surface area contributed by atoms with Crippen molar-refractivity contribution in [2.75, 3.05) is 23.0 Å². The molecule has 0 aliphatic carbocycles. The summed E-state index contributed by atoms with van der Waals surface area (Å²) in [5.41, 5.74) is 7.67. The van der Waals surface area contributed by atoms with Crippen LogP contribution in [-0.4, -0.2) is 25.0 Å². The third-order valence-electron chi connectivity index (χ3n) is 5.01. The third kappa shape index (κ3) is 3.24. The lowest BCUT2D eigenvalue weighted by Gasteiger charge is -2.21. The van der Waals surface area contributed by atoms with E-state index in [0.717, 1.165) is 37.5 Å². The van der Waals surface area contributed by atoms with Crippen molar-refractivity contribution in [3.05, 3.63) is 53.8 Å². The number of furan rings is 1. The topological polar surface area (TPSA) is 106 Å². The van der Waals surface area contributed by atoms with Gasteiger partial charge < -0.3 is 15.1 Å². The zero-order chi connectivity index (χ0) is 19.5. The first kappa shape index (κ1) is 17.8. The van der Waals surface area contributed by atoms with Gasteiger partial charge in [0.05, 0.1) is 23.0 Å². The van der Waals surface area contributed by atoms with Crippen LogP contribution in [0.1, 0.15) is 18.6 Å². The van der Waals surface area contributed by atoms with E-state index in [0.29, 0.717) is 11.5 Å². The van der Waals surface area contributed by atoms with Crippen molar-refractivity contribution in [1.29, 1.82) is 10.5 Å². The molecule has 2 aromatic rings. The molecule has 0 spiro atoms. The molecule has 0 bridgehead atoms. The fourth-order valence-electron chi connectivity index (χ4n) is 3.55.